The minimum atomic E-state index is -4.28. The molecule has 0 aliphatic heterocycles. The Hall–Kier alpha value is -3.14. The van der Waals surface area contributed by atoms with Crippen LogP contribution in [0.25, 0.3) is 0 Å². The van der Waals surface area contributed by atoms with Crippen molar-refractivity contribution in [2.24, 2.45) is 0 Å². The zero-order valence-electron chi connectivity index (χ0n) is 22.6. The van der Waals surface area contributed by atoms with E-state index in [-0.39, 0.29) is 29.1 Å². The third-order valence-corrected chi connectivity index (χ3v) is 9.57. The lowest BCUT2D eigenvalue weighted by Crippen LogP contribution is -2.53. The van der Waals surface area contributed by atoms with E-state index in [1.54, 1.807) is 55.5 Å². The first kappa shape index (κ1) is 30.8. The van der Waals surface area contributed by atoms with Gasteiger partial charge >= 0.3 is 0 Å². The van der Waals surface area contributed by atoms with Crippen LogP contribution in [-0.4, -0.2) is 43.8 Å². The van der Waals surface area contributed by atoms with Gasteiger partial charge in [-0.25, -0.2) is 12.8 Å². The van der Waals surface area contributed by atoms with E-state index in [9.17, 15) is 22.4 Å². The van der Waals surface area contributed by atoms with Crippen LogP contribution in [0.4, 0.5) is 10.1 Å². The molecule has 4 rings (SSSR count). The van der Waals surface area contributed by atoms with Gasteiger partial charge in [-0.05, 0) is 73.9 Å². The largest absolute Gasteiger partial charge is 0.352 e. The summed E-state index contributed by atoms with van der Waals surface area (Å²) < 4.78 is 42.0. The van der Waals surface area contributed by atoms with Gasteiger partial charge < -0.3 is 10.2 Å². The van der Waals surface area contributed by atoms with Crippen molar-refractivity contribution in [3.8, 4) is 0 Å². The molecule has 1 N–H and O–H groups in total. The van der Waals surface area contributed by atoms with Crippen LogP contribution >= 0.6 is 23.2 Å². The number of hydrogen-bond acceptors (Lipinski definition) is 4. The highest BCUT2D eigenvalue weighted by Gasteiger charge is 2.33. The molecule has 3 aromatic carbocycles. The van der Waals surface area contributed by atoms with Gasteiger partial charge in [-0.2, -0.15) is 0 Å². The topological polar surface area (TPSA) is 86.8 Å². The first-order valence-electron chi connectivity index (χ1n) is 13.4. The summed E-state index contributed by atoms with van der Waals surface area (Å²) in [5.74, 6) is -1.53. The maximum absolute atomic E-state index is 14.0. The van der Waals surface area contributed by atoms with Crippen molar-refractivity contribution in [2.75, 3.05) is 10.8 Å². The number of amides is 2. The molecule has 0 heterocycles. The van der Waals surface area contributed by atoms with Crippen LogP contribution in [0.2, 0.25) is 10.0 Å². The van der Waals surface area contributed by atoms with Gasteiger partial charge in [-0.15, -0.1) is 0 Å². The fourth-order valence-corrected chi connectivity index (χ4v) is 6.72. The van der Waals surface area contributed by atoms with Crippen LogP contribution in [-0.2, 0) is 26.2 Å². The molecule has 1 aliphatic carbocycles. The van der Waals surface area contributed by atoms with Crippen molar-refractivity contribution in [1.82, 2.24) is 10.2 Å². The Morgan fingerprint density at radius 2 is 1.63 bits per heavy atom. The summed E-state index contributed by atoms with van der Waals surface area (Å²) in [7, 11) is -4.28. The average Bonchev–Trinajstić information content (AvgIpc) is 2.96. The molecule has 0 aromatic heterocycles. The molecule has 1 aliphatic rings. The summed E-state index contributed by atoms with van der Waals surface area (Å²) in [5, 5.41) is 3.79. The van der Waals surface area contributed by atoms with Crippen LogP contribution in [0.5, 0.6) is 0 Å². The van der Waals surface area contributed by atoms with Crippen LogP contribution in [0, 0.1) is 5.82 Å². The molecule has 0 bridgehead atoms. The number of nitrogens with zero attached hydrogens (tertiary/aromatic N) is 2. The van der Waals surface area contributed by atoms with E-state index in [1.165, 1.54) is 4.90 Å². The van der Waals surface area contributed by atoms with Crippen LogP contribution in [0.3, 0.4) is 0 Å². The number of carbonyl (C=O) groups is 2. The van der Waals surface area contributed by atoms with Gasteiger partial charge in [0.05, 0.1) is 10.6 Å². The first-order chi connectivity index (χ1) is 19.6. The Morgan fingerprint density at radius 1 is 0.976 bits per heavy atom. The number of nitrogens with one attached hydrogen (secondary N) is 1. The fourth-order valence-electron chi connectivity index (χ4n) is 4.84. The van der Waals surface area contributed by atoms with Crippen molar-refractivity contribution < 1.29 is 22.4 Å². The van der Waals surface area contributed by atoms with Crippen molar-refractivity contribution >= 4 is 50.7 Å². The van der Waals surface area contributed by atoms with Crippen molar-refractivity contribution in [3.63, 3.8) is 0 Å². The second-order valence-corrected chi connectivity index (χ2v) is 12.8. The highest BCUT2D eigenvalue weighted by atomic mass is 35.5. The highest BCUT2D eigenvalue weighted by Crippen LogP contribution is 2.27. The van der Waals surface area contributed by atoms with Crippen molar-refractivity contribution in [3.05, 3.63) is 94.2 Å². The maximum Gasteiger partial charge on any atom is 0.264 e. The first-order valence-corrected chi connectivity index (χ1v) is 15.6. The van der Waals surface area contributed by atoms with Gasteiger partial charge in [0.15, 0.2) is 0 Å². The van der Waals surface area contributed by atoms with Gasteiger partial charge in [-0.3, -0.25) is 13.9 Å². The Balaban J connectivity index is 1.67. The molecule has 1 atom stereocenters. The molecule has 218 valence electrons. The summed E-state index contributed by atoms with van der Waals surface area (Å²) in [6, 6.07) is 16.5. The molecule has 1 fully saturated rings. The molecule has 0 radical (unpaired) electrons. The molecule has 0 saturated heterocycles. The lowest BCUT2D eigenvalue weighted by Gasteiger charge is -2.33. The van der Waals surface area contributed by atoms with Gasteiger partial charge in [0.1, 0.15) is 18.4 Å². The number of halogens is 3. The highest BCUT2D eigenvalue weighted by molar-refractivity contribution is 7.92. The Labute approximate surface area is 250 Å². The van der Waals surface area contributed by atoms with E-state index in [0.29, 0.717) is 15.6 Å². The van der Waals surface area contributed by atoms with Crippen molar-refractivity contribution in [2.45, 2.75) is 62.6 Å². The van der Waals surface area contributed by atoms with Gasteiger partial charge in [0.2, 0.25) is 11.8 Å². The number of para-hydroxylation sites is 1. The van der Waals surface area contributed by atoms with Crippen LogP contribution in [0.1, 0.15) is 44.6 Å². The average molecular weight is 621 g/mol. The smallest absolute Gasteiger partial charge is 0.264 e. The molecule has 1 unspecified atom stereocenters. The summed E-state index contributed by atoms with van der Waals surface area (Å²) >= 11 is 12.5. The zero-order valence-corrected chi connectivity index (χ0v) is 24.9. The predicted molar refractivity (Wildman–Crippen MR) is 159 cm³/mol. The van der Waals surface area contributed by atoms with E-state index in [1.807, 2.05) is 0 Å². The number of sulfonamides is 1. The van der Waals surface area contributed by atoms with E-state index in [0.717, 1.165) is 60.7 Å². The number of carbonyl (C=O) groups excluding carboxylic acids is 2. The Morgan fingerprint density at radius 3 is 2.27 bits per heavy atom. The summed E-state index contributed by atoms with van der Waals surface area (Å²) in [6.07, 6.45) is 4.91. The molecule has 0 spiro atoms. The number of anilines is 1. The van der Waals surface area contributed by atoms with Crippen LogP contribution in [0.15, 0.2) is 77.7 Å². The van der Waals surface area contributed by atoms with E-state index in [2.05, 4.69) is 5.32 Å². The molecular formula is C30H32Cl2FN3O4S. The summed E-state index contributed by atoms with van der Waals surface area (Å²) in [6.45, 7) is 0.963. The quantitative estimate of drug-likeness (QED) is 0.293. The second-order valence-electron chi connectivity index (χ2n) is 10.1. The standard InChI is InChI=1S/C30H32Cl2FN3O4S/c1-21(30(38)34-25-8-4-2-5-9-25)35(19-22-12-13-23(31)18-28(22)32)29(37)20-36(26-10-6-3-7-11-26)41(39,40)27-16-14-24(33)15-17-27/h3,6-7,10-18,21,25H,2,4-5,8-9,19-20H2,1H3,(H,34,38). The van der Waals surface area contributed by atoms with Crippen molar-refractivity contribution in [1.29, 1.82) is 0 Å². The second kappa shape index (κ2) is 13.7. The SMILES string of the molecule is CC(C(=O)NC1CCCCC1)N(Cc1ccc(Cl)cc1Cl)C(=O)CN(c1ccccc1)S(=O)(=O)c1ccc(F)cc1. The molecule has 1 saturated carbocycles. The minimum absolute atomic E-state index is 0.0226. The van der Waals surface area contributed by atoms with Crippen LogP contribution < -0.4 is 9.62 Å². The molecule has 2 amide bonds. The minimum Gasteiger partial charge on any atom is -0.352 e. The predicted octanol–water partition coefficient (Wildman–Crippen LogP) is 6.19. The zero-order chi connectivity index (χ0) is 29.6. The van der Waals surface area contributed by atoms with Gasteiger partial charge in [-0.1, -0.05) is 66.7 Å². The molecule has 11 heteroatoms. The Bertz CT molecular complexity index is 1470. The lowest BCUT2D eigenvalue weighted by atomic mass is 9.95. The third-order valence-electron chi connectivity index (χ3n) is 7.20. The van der Waals surface area contributed by atoms with E-state index >= 15 is 0 Å². The molecular weight excluding hydrogens is 588 g/mol. The third kappa shape index (κ3) is 7.78. The van der Waals surface area contributed by atoms with E-state index in [4.69, 9.17) is 23.2 Å². The number of hydrogen-bond donors (Lipinski definition) is 1. The number of rotatable bonds is 10. The van der Waals surface area contributed by atoms with Gasteiger partial charge in [0.25, 0.3) is 10.0 Å². The maximum atomic E-state index is 14.0. The normalized spacial score (nSPS) is 14.7. The fraction of sp³-hybridized carbons (Fsp3) is 0.333. The monoisotopic (exact) mass is 619 g/mol. The van der Waals surface area contributed by atoms with Gasteiger partial charge in [0, 0.05) is 22.6 Å². The lowest BCUT2D eigenvalue weighted by molar-refractivity contribution is -0.139. The number of benzene rings is 3. The molecule has 7 nitrogen and oxygen atoms in total. The summed E-state index contributed by atoms with van der Waals surface area (Å²) in [4.78, 5) is 28.5. The van der Waals surface area contributed by atoms with E-state index < -0.39 is 34.3 Å². The molecule has 41 heavy (non-hydrogen) atoms. The summed E-state index contributed by atoms with van der Waals surface area (Å²) in [5.41, 5.74) is 0.795. The molecule has 3 aromatic rings. The Kier molecular flexibility index (Phi) is 10.3.